The van der Waals surface area contributed by atoms with Crippen molar-refractivity contribution in [1.82, 2.24) is 10.2 Å². The Morgan fingerprint density at radius 2 is 2.40 bits per heavy atom. The molecule has 1 fully saturated rings. The summed E-state index contributed by atoms with van der Waals surface area (Å²) >= 11 is 5.11. The molecule has 3 heteroatoms. The van der Waals surface area contributed by atoms with E-state index in [-0.39, 0.29) is 0 Å². The molecule has 1 heterocycles. The molecule has 0 aromatic carbocycles. The van der Waals surface area contributed by atoms with Crippen molar-refractivity contribution in [3.05, 3.63) is 0 Å². The number of likely N-dealkylation sites (tertiary alicyclic amines) is 1. The van der Waals surface area contributed by atoms with Crippen molar-refractivity contribution in [2.24, 2.45) is 0 Å². The Morgan fingerprint density at radius 3 is 2.80 bits per heavy atom. The maximum absolute atomic E-state index is 5.11. The van der Waals surface area contributed by atoms with Crippen LogP contribution in [0.4, 0.5) is 0 Å². The number of hydrogen-bond acceptors (Lipinski definition) is 1. The van der Waals surface area contributed by atoms with E-state index < -0.39 is 0 Å². The van der Waals surface area contributed by atoms with Crippen LogP contribution < -0.4 is 5.32 Å². The predicted molar refractivity (Wildman–Crippen MR) is 47.1 cm³/mol. The van der Waals surface area contributed by atoms with Crippen LogP contribution in [-0.4, -0.2) is 29.6 Å². The molecule has 0 bridgehead atoms. The molecule has 0 radical (unpaired) electrons. The van der Waals surface area contributed by atoms with Crippen molar-refractivity contribution in [2.75, 3.05) is 13.6 Å². The molecule has 10 heavy (non-hydrogen) atoms. The standard InChI is InChI=1S/C7H14N2S/c1-6-4-3-5-9(6)7(10)8-2/h6H,3-5H2,1-2H3,(H,8,10). The normalized spacial score (nSPS) is 25.0. The van der Waals surface area contributed by atoms with Gasteiger partial charge in [0, 0.05) is 19.6 Å². The minimum Gasteiger partial charge on any atom is -0.366 e. The van der Waals surface area contributed by atoms with E-state index in [0.717, 1.165) is 11.7 Å². The van der Waals surface area contributed by atoms with Crippen molar-refractivity contribution in [2.45, 2.75) is 25.8 Å². The van der Waals surface area contributed by atoms with Crippen LogP contribution in [0.25, 0.3) is 0 Å². The van der Waals surface area contributed by atoms with E-state index >= 15 is 0 Å². The third-order valence-corrected chi connectivity index (χ3v) is 2.47. The number of nitrogens with one attached hydrogen (secondary N) is 1. The Hall–Kier alpha value is -0.310. The van der Waals surface area contributed by atoms with Crippen LogP contribution in [0.3, 0.4) is 0 Å². The first kappa shape index (κ1) is 7.79. The van der Waals surface area contributed by atoms with Crippen LogP contribution in [0.1, 0.15) is 19.8 Å². The van der Waals surface area contributed by atoms with Gasteiger partial charge in [-0.25, -0.2) is 0 Å². The first-order valence-electron chi connectivity index (χ1n) is 3.74. The van der Waals surface area contributed by atoms with Gasteiger partial charge in [-0.15, -0.1) is 0 Å². The summed E-state index contributed by atoms with van der Waals surface area (Å²) < 4.78 is 0. The third kappa shape index (κ3) is 1.40. The van der Waals surface area contributed by atoms with Gasteiger partial charge >= 0.3 is 0 Å². The lowest BCUT2D eigenvalue weighted by Gasteiger charge is -2.23. The lowest BCUT2D eigenvalue weighted by atomic mass is 10.2. The van der Waals surface area contributed by atoms with Crippen LogP contribution in [0.15, 0.2) is 0 Å². The van der Waals surface area contributed by atoms with Gasteiger partial charge in [-0.1, -0.05) is 0 Å². The second-order valence-electron chi connectivity index (χ2n) is 2.74. The monoisotopic (exact) mass is 158 g/mol. The van der Waals surface area contributed by atoms with E-state index in [0.29, 0.717) is 6.04 Å². The topological polar surface area (TPSA) is 15.3 Å². The van der Waals surface area contributed by atoms with Crippen LogP contribution >= 0.6 is 12.2 Å². The molecule has 1 atom stereocenters. The highest BCUT2D eigenvalue weighted by Gasteiger charge is 2.21. The molecule has 1 unspecified atom stereocenters. The molecule has 1 rings (SSSR count). The highest BCUT2D eigenvalue weighted by molar-refractivity contribution is 7.80. The fraction of sp³-hybridized carbons (Fsp3) is 0.857. The summed E-state index contributed by atoms with van der Waals surface area (Å²) in [5, 5.41) is 3.89. The largest absolute Gasteiger partial charge is 0.366 e. The Morgan fingerprint density at radius 1 is 1.70 bits per heavy atom. The van der Waals surface area contributed by atoms with Gasteiger partial charge in [0.25, 0.3) is 0 Å². The summed E-state index contributed by atoms with van der Waals surface area (Å²) in [4.78, 5) is 2.25. The molecule has 0 aliphatic carbocycles. The molecule has 0 aromatic rings. The molecular weight excluding hydrogens is 144 g/mol. The van der Waals surface area contributed by atoms with Gasteiger partial charge in [0.05, 0.1) is 0 Å². The molecule has 2 nitrogen and oxygen atoms in total. The summed E-state index contributed by atoms with van der Waals surface area (Å²) in [6, 6.07) is 0.639. The summed E-state index contributed by atoms with van der Waals surface area (Å²) in [5.74, 6) is 0. The molecule has 1 aliphatic heterocycles. The van der Waals surface area contributed by atoms with E-state index in [1.807, 2.05) is 7.05 Å². The van der Waals surface area contributed by atoms with Gasteiger partial charge in [0.2, 0.25) is 0 Å². The van der Waals surface area contributed by atoms with Gasteiger partial charge in [0.1, 0.15) is 0 Å². The van der Waals surface area contributed by atoms with E-state index in [4.69, 9.17) is 12.2 Å². The number of hydrogen-bond donors (Lipinski definition) is 1. The predicted octanol–water partition coefficient (Wildman–Crippen LogP) is 0.975. The summed E-state index contributed by atoms with van der Waals surface area (Å²) in [7, 11) is 1.88. The minimum absolute atomic E-state index is 0.639. The van der Waals surface area contributed by atoms with Gasteiger partial charge in [-0.2, -0.15) is 0 Å². The Kier molecular flexibility index (Phi) is 2.49. The number of thiocarbonyl (C=S) groups is 1. The first-order chi connectivity index (χ1) is 4.75. The quantitative estimate of drug-likeness (QED) is 0.529. The molecule has 1 N–H and O–H groups in total. The number of rotatable bonds is 0. The van der Waals surface area contributed by atoms with Gasteiger partial charge in [-0.3, -0.25) is 0 Å². The lowest BCUT2D eigenvalue weighted by molar-refractivity contribution is 0.411. The molecular formula is C7H14N2S. The molecule has 1 saturated heterocycles. The third-order valence-electron chi connectivity index (χ3n) is 2.03. The van der Waals surface area contributed by atoms with E-state index in [1.165, 1.54) is 12.8 Å². The van der Waals surface area contributed by atoms with E-state index in [2.05, 4.69) is 17.1 Å². The molecule has 0 amide bonds. The minimum atomic E-state index is 0.639. The second kappa shape index (κ2) is 3.19. The van der Waals surface area contributed by atoms with Crippen molar-refractivity contribution in [1.29, 1.82) is 0 Å². The SMILES string of the molecule is CNC(=S)N1CCCC1C. The number of nitrogens with zero attached hydrogens (tertiary/aromatic N) is 1. The smallest absolute Gasteiger partial charge is 0.168 e. The van der Waals surface area contributed by atoms with Gasteiger partial charge in [0.15, 0.2) is 5.11 Å². The zero-order valence-electron chi connectivity index (χ0n) is 6.55. The van der Waals surface area contributed by atoms with Crippen LogP contribution in [0.2, 0.25) is 0 Å². The molecule has 0 spiro atoms. The lowest BCUT2D eigenvalue weighted by Crippen LogP contribution is -2.39. The average Bonchev–Trinajstić information content (AvgIpc) is 2.34. The highest BCUT2D eigenvalue weighted by Crippen LogP contribution is 2.15. The zero-order chi connectivity index (χ0) is 7.56. The van der Waals surface area contributed by atoms with Crippen molar-refractivity contribution < 1.29 is 0 Å². The maximum atomic E-state index is 5.11. The van der Waals surface area contributed by atoms with E-state index in [9.17, 15) is 0 Å². The van der Waals surface area contributed by atoms with Crippen LogP contribution in [0.5, 0.6) is 0 Å². The summed E-state index contributed by atoms with van der Waals surface area (Å²) in [6.07, 6.45) is 2.56. The zero-order valence-corrected chi connectivity index (χ0v) is 7.37. The molecule has 0 saturated carbocycles. The molecule has 1 aliphatic rings. The Bertz CT molecular complexity index is 136. The van der Waals surface area contributed by atoms with E-state index in [1.54, 1.807) is 0 Å². The van der Waals surface area contributed by atoms with Crippen molar-refractivity contribution >= 4 is 17.3 Å². The molecule has 58 valence electrons. The first-order valence-corrected chi connectivity index (χ1v) is 4.15. The van der Waals surface area contributed by atoms with Gasteiger partial charge in [-0.05, 0) is 32.0 Å². The maximum Gasteiger partial charge on any atom is 0.168 e. The summed E-state index contributed by atoms with van der Waals surface area (Å²) in [6.45, 7) is 3.34. The van der Waals surface area contributed by atoms with Crippen molar-refractivity contribution in [3.8, 4) is 0 Å². The average molecular weight is 158 g/mol. The fourth-order valence-corrected chi connectivity index (χ4v) is 1.65. The Labute approximate surface area is 67.6 Å². The van der Waals surface area contributed by atoms with Crippen molar-refractivity contribution in [3.63, 3.8) is 0 Å². The fourth-order valence-electron chi connectivity index (χ4n) is 1.38. The van der Waals surface area contributed by atoms with Crippen LogP contribution in [0, 0.1) is 0 Å². The van der Waals surface area contributed by atoms with Gasteiger partial charge < -0.3 is 10.2 Å². The van der Waals surface area contributed by atoms with Crippen LogP contribution in [-0.2, 0) is 0 Å². The Balaban J connectivity index is 2.46. The molecule has 0 aromatic heterocycles. The summed E-state index contributed by atoms with van der Waals surface area (Å²) in [5.41, 5.74) is 0. The highest BCUT2D eigenvalue weighted by atomic mass is 32.1. The second-order valence-corrected chi connectivity index (χ2v) is 3.13.